The summed E-state index contributed by atoms with van der Waals surface area (Å²) < 4.78 is 0.625. The Kier molecular flexibility index (Phi) is 6.61. The van der Waals surface area contributed by atoms with E-state index in [1.165, 1.54) is 0 Å². The molecular weight excluding hydrogens is 666 g/mol. The molecule has 6 heteroatoms. The van der Waals surface area contributed by atoms with Crippen molar-refractivity contribution < 1.29 is 0 Å². The van der Waals surface area contributed by atoms with Crippen LogP contribution < -0.4 is 10.6 Å². The molecule has 0 N–H and O–H groups in total. The molecule has 0 fully saturated rings. The van der Waals surface area contributed by atoms with Crippen molar-refractivity contribution in [3.63, 3.8) is 0 Å². The summed E-state index contributed by atoms with van der Waals surface area (Å²) in [4.78, 5) is 0. The maximum atomic E-state index is 3.85. The van der Waals surface area contributed by atoms with Gasteiger partial charge in [-0.05, 0) is 0 Å². The second-order valence-electron chi connectivity index (χ2n) is 9.81. The first-order chi connectivity index (χ1) is 13.9. The van der Waals surface area contributed by atoms with Gasteiger partial charge in [0.25, 0.3) is 0 Å². The number of allylic oxidation sites excluding steroid dienone is 4. The summed E-state index contributed by atoms with van der Waals surface area (Å²) in [5.74, 6) is 0. The SMILES string of the molecule is CC(C)(C)C1=C2[Se]P(=[Se])(c3ccccc3)C(C(C)(C)C)=C2[Se]P1(=[Se])c1ccccc1. The molecule has 2 aliphatic rings. The molecule has 158 valence electrons. The first kappa shape index (κ1) is 24.0. The first-order valence-electron chi connectivity index (χ1n) is 10.1. The molecule has 2 unspecified atom stereocenters. The fourth-order valence-corrected chi connectivity index (χ4v) is 45.6. The van der Waals surface area contributed by atoms with Crippen LogP contribution in [0.4, 0.5) is 0 Å². The van der Waals surface area contributed by atoms with Crippen LogP contribution in [0.1, 0.15) is 41.5 Å². The molecule has 2 aliphatic heterocycles. The van der Waals surface area contributed by atoms with Gasteiger partial charge in [-0.1, -0.05) is 0 Å². The number of fused-ring (bicyclic) bond motifs is 1. The summed E-state index contributed by atoms with van der Waals surface area (Å²) in [6.45, 7) is 14.6. The molecule has 0 saturated carbocycles. The van der Waals surface area contributed by atoms with Crippen LogP contribution in [-0.4, -0.2) is 59.2 Å². The third-order valence-electron chi connectivity index (χ3n) is 5.28. The molecule has 0 radical (unpaired) electrons. The van der Waals surface area contributed by atoms with Gasteiger partial charge in [-0.2, -0.15) is 0 Å². The Morgan fingerprint density at radius 1 is 0.567 bits per heavy atom. The van der Waals surface area contributed by atoms with Crippen molar-refractivity contribution in [2.24, 2.45) is 10.8 Å². The molecule has 2 atom stereocenters. The van der Waals surface area contributed by atoms with Gasteiger partial charge < -0.3 is 0 Å². The van der Waals surface area contributed by atoms with Gasteiger partial charge in [0, 0.05) is 0 Å². The minimum absolute atomic E-state index is 0.185. The summed E-state index contributed by atoms with van der Waals surface area (Å²) in [7, 11) is 0. The van der Waals surface area contributed by atoms with Crippen LogP contribution in [0.3, 0.4) is 0 Å². The molecule has 0 aliphatic carbocycles. The quantitative estimate of drug-likeness (QED) is 0.283. The summed E-state index contributed by atoms with van der Waals surface area (Å²) in [6, 6.07) is 22.7. The van der Waals surface area contributed by atoms with E-state index in [4.69, 9.17) is 0 Å². The summed E-state index contributed by atoms with van der Waals surface area (Å²) >= 11 is 8.61. The number of benzene rings is 2. The van der Waals surface area contributed by atoms with E-state index in [9.17, 15) is 0 Å². The van der Waals surface area contributed by atoms with Crippen molar-refractivity contribution in [1.29, 1.82) is 0 Å². The molecule has 0 aromatic heterocycles. The Hall–Kier alpha value is 0.858. The molecule has 0 amide bonds. The van der Waals surface area contributed by atoms with E-state index in [0.717, 1.165) is 0 Å². The second-order valence-corrected chi connectivity index (χ2v) is 39.1. The van der Waals surface area contributed by atoms with E-state index in [2.05, 4.69) is 132 Å². The Balaban J connectivity index is 2.04. The predicted molar refractivity (Wildman–Crippen MR) is 142 cm³/mol. The Bertz CT molecular complexity index is 1050. The number of rotatable bonds is 2. The average molecular weight is 694 g/mol. The molecule has 2 heterocycles. The molecule has 0 nitrogen and oxygen atoms in total. The fraction of sp³-hybridized carbons (Fsp3) is 0.333. The van der Waals surface area contributed by atoms with E-state index < -0.39 is 8.40 Å². The minimum atomic E-state index is -1.46. The molecule has 30 heavy (non-hydrogen) atoms. The normalized spacial score (nSPS) is 27.0. The zero-order chi connectivity index (χ0) is 21.9. The van der Waals surface area contributed by atoms with Crippen molar-refractivity contribution >= 4 is 78.2 Å². The molecule has 2 aromatic carbocycles. The van der Waals surface area contributed by atoms with Crippen LogP contribution in [0.2, 0.25) is 0 Å². The molecule has 0 spiro atoms. The molecule has 2 aromatic rings. The molecule has 4 rings (SSSR count). The van der Waals surface area contributed by atoms with E-state index in [0.29, 0.717) is 29.0 Å². The Morgan fingerprint density at radius 3 is 1.13 bits per heavy atom. The van der Waals surface area contributed by atoms with Crippen molar-refractivity contribution in [3.8, 4) is 0 Å². The van der Waals surface area contributed by atoms with Crippen LogP contribution in [0.15, 0.2) is 80.2 Å². The first-order valence-corrected chi connectivity index (χ1v) is 24.3. The zero-order valence-electron chi connectivity index (χ0n) is 18.3. The van der Waals surface area contributed by atoms with Gasteiger partial charge in [0.2, 0.25) is 0 Å². The second kappa shape index (κ2) is 8.26. The topological polar surface area (TPSA) is 0 Å². The standard InChI is InChI=1S/C24H28P2Se4/c1-23(2,3)21-19-20(30-25(21,27)17-13-9-7-10-14-17)22(24(4,5)6)26(28,29-19)18-15-11-8-12-16-18/h7-16H,1-6H3. The summed E-state index contributed by atoms with van der Waals surface area (Å²) in [6.07, 6.45) is 0. The van der Waals surface area contributed by atoms with E-state index in [1.54, 1.807) is 30.2 Å². The van der Waals surface area contributed by atoms with Gasteiger partial charge in [-0.3, -0.25) is 0 Å². The van der Waals surface area contributed by atoms with Crippen molar-refractivity contribution in [1.82, 2.24) is 0 Å². The van der Waals surface area contributed by atoms with Crippen molar-refractivity contribution in [2.45, 2.75) is 41.5 Å². The summed E-state index contributed by atoms with van der Waals surface area (Å²) in [5, 5.41) is 6.64. The van der Waals surface area contributed by atoms with Crippen LogP contribution in [0, 0.1) is 10.8 Å². The number of hydrogen-bond donors (Lipinski definition) is 0. The van der Waals surface area contributed by atoms with Crippen molar-refractivity contribution in [2.75, 3.05) is 0 Å². The van der Waals surface area contributed by atoms with Crippen LogP contribution in [0.5, 0.6) is 0 Å². The average Bonchev–Trinajstić information content (AvgIpc) is 3.10. The molecule has 0 saturated heterocycles. The third-order valence-corrected chi connectivity index (χ3v) is 34.4. The van der Waals surface area contributed by atoms with Crippen LogP contribution in [0.25, 0.3) is 0 Å². The van der Waals surface area contributed by atoms with Crippen molar-refractivity contribution in [3.05, 3.63) is 80.2 Å². The van der Waals surface area contributed by atoms with E-state index in [1.807, 2.05) is 0 Å². The molecular formula is C24H28P2Se4. The van der Waals surface area contributed by atoms with Gasteiger partial charge >= 0.3 is 211 Å². The monoisotopic (exact) mass is 698 g/mol. The van der Waals surface area contributed by atoms with Gasteiger partial charge in [0.05, 0.1) is 0 Å². The Labute approximate surface area is 209 Å². The van der Waals surface area contributed by atoms with Crippen LogP contribution >= 0.6 is 8.40 Å². The van der Waals surface area contributed by atoms with Crippen LogP contribution in [-0.2, 0) is 0 Å². The third kappa shape index (κ3) is 4.00. The van der Waals surface area contributed by atoms with E-state index >= 15 is 0 Å². The maximum absolute atomic E-state index is 3.85. The number of hydrogen-bond acceptors (Lipinski definition) is 0. The van der Waals surface area contributed by atoms with Gasteiger partial charge in [0.15, 0.2) is 0 Å². The molecule has 0 bridgehead atoms. The zero-order valence-corrected chi connectivity index (χ0v) is 26.9. The van der Waals surface area contributed by atoms with Gasteiger partial charge in [-0.25, -0.2) is 0 Å². The fourth-order valence-electron chi connectivity index (χ4n) is 4.18. The van der Waals surface area contributed by atoms with Gasteiger partial charge in [0.1, 0.15) is 0 Å². The summed E-state index contributed by atoms with van der Waals surface area (Å²) in [5.41, 5.74) is 0.370. The predicted octanol–water partition coefficient (Wildman–Crippen LogP) is 5.62. The Morgan fingerprint density at radius 2 is 0.867 bits per heavy atom. The van der Waals surface area contributed by atoms with E-state index in [-0.39, 0.29) is 10.8 Å². The van der Waals surface area contributed by atoms with Gasteiger partial charge in [-0.15, -0.1) is 0 Å².